The van der Waals surface area contributed by atoms with E-state index in [4.69, 9.17) is 4.74 Å². The summed E-state index contributed by atoms with van der Waals surface area (Å²) in [5.74, 6) is 0.857. The van der Waals surface area contributed by atoms with E-state index in [0.717, 1.165) is 18.8 Å². The van der Waals surface area contributed by atoms with Gasteiger partial charge in [0.05, 0.1) is 13.2 Å². The first kappa shape index (κ1) is 18.0. The zero-order valence-corrected chi connectivity index (χ0v) is 16.2. The maximum atomic E-state index is 14.5. The normalized spacial score (nSPS) is 39.7. The van der Waals surface area contributed by atoms with Crippen LogP contribution in [0.1, 0.15) is 90.4 Å². The molecule has 0 N–H and O–H groups in total. The van der Waals surface area contributed by atoms with Crippen molar-refractivity contribution < 1.29 is 9.30 Å². The Bertz CT molecular complexity index is 400. The SMILES string of the molecule is COC1CCC(P(=O)(C2CCCCC2)C2CCC(C)CC2)CC1. The third kappa shape index (κ3) is 3.90. The molecule has 0 saturated heterocycles. The summed E-state index contributed by atoms with van der Waals surface area (Å²) in [5, 5.41) is 0. The highest BCUT2D eigenvalue weighted by Crippen LogP contribution is 2.68. The Hall–Kier alpha value is 0.190. The first-order valence-electron chi connectivity index (χ1n) is 10.3. The summed E-state index contributed by atoms with van der Waals surface area (Å²) in [7, 11) is -0.223. The Morgan fingerprint density at radius 2 is 1.17 bits per heavy atom. The first-order valence-corrected chi connectivity index (χ1v) is 12.2. The fourth-order valence-electron chi connectivity index (χ4n) is 5.71. The fourth-order valence-corrected chi connectivity index (χ4v) is 10.9. The second-order valence-corrected chi connectivity index (χ2v) is 12.4. The topological polar surface area (TPSA) is 26.3 Å². The summed E-state index contributed by atoms with van der Waals surface area (Å²) in [6.07, 6.45) is 16.7. The molecule has 0 heterocycles. The molecule has 3 aliphatic rings. The van der Waals surface area contributed by atoms with Crippen molar-refractivity contribution in [3.8, 4) is 0 Å². The van der Waals surface area contributed by atoms with Gasteiger partial charge in [0.15, 0.2) is 0 Å². The molecule has 3 aliphatic carbocycles. The lowest BCUT2D eigenvalue weighted by Gasteiger charge is -2.45. The van der Waals surface area contributed by atoms with Crippen LogP contribution in [0.4, 0.5) is 0 Å². The van der Waals surface area contributed by atoms with Crippen LogP contribution in [0.5, 0.6) is 0 Å². The molecule has 3 rings (SSSR count). The zero-order valence-electron chi connectivity index (χ0n) is 15.3. The molecule has 0 aromatic heterocycles. The third-order valence-corrected chi connectivity index (χ3v) is 12.2. The van der Waals surface area contributed by atoms with E-state index in [1.165, 1.54) is 70.6 Å². The molecule has 0 aromatic carbocycles. The minimum atomic E-state index is -2.06. The average Bonchev–Trinajstić information content (AvgIpc) is 2.62. The van der Waals surface area contributed by atoms with E-state index in [1.807, 2.05) is 7.11 Å². The van der Waals surface area contributed by atoms with Crippen molar-refractivity contribution in [3.05, 3.63) is 0 Å². The number of hydrogen-bond acceptors (Lipinski definition) is 2. The molecule has 0 bridgehead atoms. The van der Waals surface area contributed by atoms with Crippen molar-refractivity contribution >= 4 is 7.14 Å². The van der Waals surface area contributed by atoms with Gasteiger partial charge in [0, 0.05) is 24.1 Å². The maximum Gasteiger partial charge on any atom is 0.0965 e. The lowest BCUT2D eigenvalue weighted by atomic mass is 9.90. The highest BCUT2D eigenvalue weighted by atomic mass is 31.2. The van der Waals surface area contributed by atoms with Gasteiger partial charge in [0.25, 0.3) is 0 Å². The van der Waals surface area contributed by atoms with Gasteiger partial charge in [-0.2, -0.15) is 0 Å². The van der Waals surface area contributed by atoms with E-state index in [2.05, 4.69) is 6.92 Å². The second kappa shape index (κ2) is 8.05. The van der Waals surface area contributed by atoms with Crippen molar-refractivity contribution in [3.63, 3.8) is 0 Å². The minimum Gasteiger partial charge on any atom is -0.381 e. The van der Waals surface area contributed by atoms with Gasteiger partial charge in [-0.15, -0.1) is 0 Å². The van der Waals surface area contributed by atoms with Crippen LogP contribution in [-0.2, 0) is 9.30 Å². The average molecular weight is 340 g/mol. The van der Waals surface area contributed by atoms with E-state index < -0.39 is 7.14 Å². The van der Waals surface area contributed by atoms with Crippen LogP contribution in [0.3, 0.4) is 0 Å². The molecule has 0 spiro atoms. The van der Waals surface area contributed by atoms with Gasteiger partial charge >= 0.3 is 0 Å². The summed E-state index contributed by atoms with van der Waals surface area (Å²) < 4.78 is 20.1. The molecular formula is C20H37O2P. The highest BCUT2D eigenvalue weighted by Gasteiger charge is 2.47. The monoisotopic (exact) mass is 340 g/mol. The molecule has 0 radical (unpaired) electrons. The number of hydrogen-bond donors (Lipinski definition) is 0. The van der Waals surface area contributed by atoms with Gasteiger partial charge in [-0.1, -0.05) is 39.0 Å². The Balaban J connectivity index is 1.77. The largest absolute Gasteiger partial charge is 0.381 e. The lowest BCUT2D eigenvalue weighted by Crippen LogP contribution is -2.34. The van der Waals surface area contributed by atoms with Crippen LogP contribution in [0.15, 0.2) is 0 Å². The first-order chi connectivity index (χ1) is 11.1. The molecule has 2 nitrogen and oxygen atoms in total. The van der Waals surface area contributed by atoms with Crippen LogP contribution >= 0.6 is 7.14 Å². The van der Waals surface area contributed by atoms with Crippen LogP contribution in [0.2, 0.25) is 0 Å². The number of rotatable bonds is 4. The Labute approximate surface area is 143 Å². The number of methoxy groups -OCH3 is 1. The molecule has 1 atom stereocenters. The Kier molecular flexibility index (Phi) is 6.30. The minimum absolute atomic E-state index is 0.428. The third-order valence-electron chi connectivity index (χ3n) is 7.25. The van der Waals surface area contributed by atoms with Crippen molar-refractivity contribution in [1.29, 1.82) is 0 Å². The Morgan fingerprint density at radius 3 is 1.70 bits per heavy atom. The zero-order chi connectivity index (χ0) is 16.3. The van der Waals surface area contributed by atoms with Gasteiger partial charge in [0.2, 0.25) is 0 Å². The van der Waals surface area contributed by atoms with Crippen LogP contribution in [0.25, 0.3) is 0 Å². The quantitative estimate of drug-likeness (QED) is 0.568. The van der Waals surface area contributed by atoms with Crippen LogP contribution in [-0.4, -0.2) is 30.2 Å². The highest BCUT2D eigenvalue weighted by molar-refractivity contribution is 7.66. The van der Waals surface area contributed by atoms with E-state index in [-0.39, 0.29) is 0 Å². The molecule has 1 unspecified atom stereocenters. The molecule has 23 heavy (non-hydrogen) atoms. The summed E-state index contributed by atoms with van der Waals surface area (Å²) >= 11 is 0. The van der Waals surface area contributed by atoms with Gasteiger partial charge in [-0.05, 0) is 57.3 Å². The summed E-state index contributed by atoms with van der Waals surface area (Å²) in [4.78, 5) is 0. The van der Waals surface area contributed by atoms with Crippen molar-refractivity contribution in [2.45, 2.75) is 113 Å². The van der Waals surface area contributed by atoms with E-state index in [1.54, 1.807) is 0 Å². The van der Waals surface area contributed by atoms with E-state index >= 15 is 0 Å². The predicted molar refractivity (Wildman–Crippen MR) is 99.0 cm³/mol. The summed E-state index contributed by atoms with van der Waals surface area (Å²) in [6, 6.07) is 0. The van der Waals surface area contributed by atoms with Gasteiger partial charge in [0.1, 0.15) is 0 Å². The van der Waals surface area contributed by atoms with Gasteiger partial charge in [-0.3, -0.25) is 0 Å². The van der Waals surface area contributed by atoms with Gasteiger partial charge in [-0.25, -0.2) is 0 Å². The Morgan fingerprint density at radius 1 is 0.696 bits per heavy atom. The molecule has 3 saturated carbocycles. The van der Waals surface area contributed by atoms with Crippen molar-refractivity contribution in [2.24, 2.45) is 5.92 Å². The molecular weight excluding hydrogens is 303 g/mol. The van der Waals surface area contributed by atoms with E-state index in [0.29, 0.717) is 23.1 Å². The van der Waals surface area contributed by atoms with E-state index in [9.17, 15) is 4.57 Å². The van der Waals surface area contributed by atoms with Crippen molar-refractivity contribution in [1.82, 2.24) is 0 Å². The molecule has 0 aromatic rings. The lowest BCUT2D eigenvalue weighted by molar-refractivity contribution is 0.0713. The predicted octanol–water partition coefficient (Wildman–Crippen LogP) is 6.22. The van der Waals surface area contributed by atoms with Gasteiger partial charge < -0.3 is 9.30 Å². The summed E-state index contributed by atoms with van der Waals surface area (Å²) in [5.41, 5.74) is 1.65. The second-order valence-electron chi connectivity index (χ2n) is 8.64. The van der Waals surface area contributed by atoms with Crippen LogP contribution in [0, 0.1) is 5.92 Å². The van der Waals surface area contributed by atoms with Crippen LogP contribution < -0.4 is 0 Å². The molecule has 0 amide bonds. The molecule has 0 aliphatic heterocycles. The molecule has 134 valence electrons. The summed E-state index contributed by atoms with van der Waals surface area (Å²) in [6.45, 7) is 2.38. The molecule has 3 heteroatoms. The molecule has 3 fully saturated rings. The smallest absolute Gasteiger partial charge is 0.0965 e. The number of ether oxygens (including phenoxy) is 1. The fraction of sp³-hybridized carbons (Fsp3) is 1.00. The van der Waals surface area contributed by atoms with Crippen molar-refractivity contribution in [2.75, 3.05) is 7.11 Å². The maximum absolute atomic E-state index is 14.5. The standard InChI is InChI=1S/C20H37O2P/c1-16-8-12-19(13-9-16)23(21,18-6-4-3-5-7-18)20-14-10-17(22-2)11-15-20/h16-20H,3-15H2,1-2H3.